The van der Waals surface area contributed by atoms with Gasteiger partial charge in [0, 0.05) is 17.9 Å². The van der Waals surface area contributed by atoms with E-state index >= 15 is 0 Å². The van der Waals surface area contributed by atoms with Crippen molar-refractivity contribution < 1.29 is 4.74 Å². The Kier molecular flexibility index (Phi) is 4.99. The predicted octanol–water partition coefficient (Wildman–Crippen LogP) is 4.73. The van der Waals surface area contributed by atoms with Gasteiger partial charge in [0.2, 0.25) is 0 Å². The van der Waals surface area contributed by atoms with E-state index in [2.05, 4.69) is 29.4 Å². The van der Waals surface area contributed by atoms with Gasteiger partial charge in [0.1, 0.15) is 5.75 Å². The average Bonchev–Trinajstić information content (AvgIpc) is 2.48. The van der Waals surface area contributed by atoms with Gasteiger partial charge in [0.05, 0.1) is 12.8 Å². The van der Waals surface area contributed by atoms with E-state index in [9.17, 15) is 0 Å². The lowest BCUT2D eigenvalue weighted by Gasteiger charge is -2.12. The molecule has 2 aromatic carbocycles. The molecule has 0 saturated carbocycles. The van der Waals surface area contributed by atoms with Gasteiger partial charge in [-0.3, -0.25) is 4.99 Å². The first kappa shape index (κ1) is 15.1. The molecule has 0 amide bonds. The Morgan fingerprint density at radius 1 is 1.14 bits per heavy atom. The van der Waals surface area contributed by atoms with Crippen LogP contribution in [0.4, 0.5) is 11.4 Å². The zero-order valence-electron chi connectivity index (χ0n) is 13.1. The number of methoxy groups -OCH3 is 1. The van der Waals surface area contributed by atoms with E-state index < -0.39 is 0 Å². The van der Waals surface area contributed by atoms with Crippen molar-refractivity contribution in [1.82, 2.24) is 0 Å². The van der Waals surface area contributed by atoms with Crippen LogP contribution in [0.25, 0.3) is 0 Å². The van der Waals surface area contributed by atoms with E-state index in [0.29, 0.717) is 0 Å². The highest BCUT2D eigenvalue weighted by molar-refractivity contribution is 5.83. The summed E-state index contributed by atoms with van der Waals surface area (Å²) in [6, 6.07) is 14.2. The van der Waals surface area contributed by atoms with Gasteiger partial charge in [0.15, 0.2) is 0 Å². The topological polar surface area (TPSA) is 33.6 Å². The molecule has 1 N–H and O–H groups in total. The highest BCUT2D eigenvalue weighted by atomic mass is 16.5. The molecule has 0 aliphatic heterocycles. The number of rotatable bonds is 5. The van der Waals surface area contributed by atoms with Crippen LogP contribution in [0.5, 0.6) is 5.75 Å². The van der Waals surface area contributed by atoms with E-state index in [1.807, 2.05) is 44.2 Å². The number of hydrogen-bond donors (Lipinski definition) is 1. The third kappa shape index (κ3) is 4.09. The van der Waals surface area contributed by atoms with Crippen molar-refractivity contribution >= 4 is 17.1 Å². The van der Waals surface area contributed by atoms with Gasteiger partial charge >= 0.3 is 0 Å². The monoisotopic (exact) mass is 282 g/mol. The van der Waals surface area contributed by atoms with Crippen molar-refractivity contribution in [1.29, 1.82) is 0 Å². The smallest absolute Gasteiger partial charge is 0.119 e. The second kappa shape index (κ2) is 6.93. The lowest BCUT2D eigenvalue weighted by Crippen LogP contribution is -2.01. The minimum absolute atomic E-state index is 0.760. The van der Waals surface area contributed by atoms with Gasteiger partial charge in [-0.2, -0.15) is 0 Å². The van der Waals surface area contributed by atoms with Crippen molar-refractivity contribution in [3.05, 3.63) is 53.6 Å². The van der Waals surface area contributed by atoms with Crippen LogP contribution in [-0.4, -0.2) is 12.8 Å². The van der Waals surface area contributed by atoms with Crippen molar-refractivity contribution in [2.75, 3.05) is 12.4 Å². The fourth-order valence-corrected chi connectivity index (χ4v) is 2.16. The minimum atomic E-state index is 0.760. The molecule has 3 nitrogen and oxygen atoms in total. The lowest BCUT2D eigenvalue weighted by atomic mass is 10.1. The SMILES string of the molecule is COc1cccc(CNc2cccc(N=C(C)C)c2C)c1. The maximum atomic E-state index is 5.25. The van der Waals surface area contributed by atoms with Gasteiger partial charge in [-0.25, -0.2) is 0 Å². The second-order valence-corrected chi connectivity index (χ2v) is 5.21. The second-order valence-electron chi connectivity index (χ2n) is 5.21. The third-order valence-electron chi connectivity index (χ3n) is 3.27. The molecule has 0 atom stereocenters. The highest BCUT2D eigenvalue weighted by Crippen LogP contribution is 2.26. The summed E-state index contributed by atoms with van der Waals surface area (Å²) in [6.07, 6.45) is 0. The van der Waals surface area contributed by atoms with Crippen LogP contribution in [0.15, 0.2) is 47.5 Å². The molecule has 0 spiro atoms. The molecular weight excluding hydrogens is 260 g/mol. The largest absolute Gasteiger partial charge is 0.497 e. The molecule has 0 aliphatic rings. The summed E-state index contributed by atoms with van der Waals surface area (Å²) in [6.45, 7) is 6.87. The summed E-state index contributed by atoms with van der Waals surface area (Å²) in [4.78, 5) is 4.56. The number of aliphatic imine (C=N–C) groups is 1. The van der Waals surface area contributed by atoms with E-state index in [-0.39, 0.29) is 0 Å². The molecule has 0 unspecified atom stereocenters. The molecular formula is C18H22N2O. The number of nitrogens with zero attached hydrogens (tertiary/aromatic N) is 1. The van der Waals surface area contributed by atoms with Crippen LogP contribution in [0, 0.1) is 6.92 Å². The van der Waals surface area contributed by atoms with Crippen LogP contribution in [0.1, 0.15) is 25.0 Å². The van der Waals surface area contributed by atoms with Crippen molar-refractivity contribution in [2.45, 2.75) is 27.3 Å². The number of hydrogen-bond acceptors (Lipinski definition) is 3. The highest BCUT2D eigenvalue weighted by Gasteiger charge is 2.03. The van der Waals surface area contributed by atoms with Gasteiger partial charge in [0.25, 0.3) is 0 Å². The molecule has 2 rings (SSSR count). The zero-order valence-corrected chi connectivity index (χ0v) is 13.1. The Balaban J connectivity index is 2.14. The fourth-order valence-electron chi connectivity index (χ4n) is 2.16. The first-order chi connectivity index (χ1) is 10.1. The first-order valence-corrected chi connectivity index (χ1v) is 7.08. The number of benzene rings is 2. The normalized spacial score (nSPS) is 10.1. The maximum Gasteiger partial charge on any atom is 0.119 e. The van der Waals surface area contributed by atoms with E-state index in [0.717, 1.165) is 29.4 Å². The molecule has 21 heavy (non-hydrogen) atoms. The molecule has 0 saturated heterocycles. The quantitative estimate of drug-likeness (QED) is 0.804. The van der Waals surface area contributed by atoms with Crippen LogP contribution >= 0.6 is 0 Å². The fraction of sp³-hybridized carbons (Fsp3) is 0.278. The van der Waals surface area contributed by atoms with Crippen LogP contribution < -0.4 is 10.1 Å². The van der Waals surface area contributed by atoms with Crippen molar-refractivity contribution in [3.63, 3.8) is 0 Å². The molecule has 0 aromatic heterocycles. The molecule has 0 aliphatic carbocycles. The summed E-state index contributed by atoms with van der Waals surface area (Å²) in [5.41, 5.74) is 5.55. The van der Waals surface area contributed by atoms with Gasteiger partial charge in [-0.05, 0) is 56.2 Å². The molecule has 3 heteroatoms. The van der Waals surface area contributed by atoms with Crippen molar-refractivity contribution in [3.8, 4) is 5.75 Å². The zero-order chi connectivity index (χ0) is 15.2. The molecule has 110 valence electrons. The Labute approximate surface area is 126 Å². The number of nitrogens with one attached hydrogen (secondary N) is 1. The molecule has 2 aromatic rings. The first-order valence-electron chi connectivity index (χ1n) is 7.08. The van der Waals surface area contributed by atoms with E-state index in [4.69, 9.17) is 4.74 Å². The van der Waals surface area contributed by atoms with Gasteiger partial charge in [-0.15, -0.1) is 0 Å². The van der Waals surface area contributed by atoms with Crippen molar-refractivity contribution in [2.24, 2.45) is 4.99 Å². The summed E-state index contributed by atoms with van der Waals surface area (Å²) in [5, 5.41) is 3.47. The van der Waals surface area contributed by atoms with Gasteiger partial charge in [-0.1, -0.05) is 18.2 Å². The summed E-state index contributed by atoms with van der Waals surface area (Å²) in [5.74, 6) is 0.881. The Hall–Kier alpha value is -2.29. The van der Waals surface area contributed by atoms with Crippen LogP contribution in [0.3, 0.4) is 0 Å². The van der Waals surface area contributed by atoms with Crippen LogP contribution in [-0.2, 0) is 6.54 Å². The molecule has 0 fully saturated rings. The number of ether oxygens (including phenoxy) is 1. The maximum absolute atomic E-state index is 5.25. The molecule has 0 radical (unpaired) electrons. The lowest BCUT2D eigenvalue weighted by molar-refractivity contribution is 0.414. The Morgan fingerprint density at radius 3 is 2.62 bits per heavy atom. The summed E-state index contributed by atoms with van der Waals surface area (Å²) >= 11 is 0. The van der Waals surface area contributed by atoms with E-state index in [1.54, 1.807) is 7.11 Å². The minimum Gasteiger partial charge on any atom is -0.497 e. The predicted molar refractivity (Wildman–Crippen MR) is 89.9 cm³/mol. The third-order valence-corrected chi connectivity index (χ3v) is 3.27. The number of anilines is 1. The standard InChI is InChI=1S/C18H22N2O/c1-13(2)20-18-10-6-9-17(14(18)3)19-12-15-7-5-8-16(11-15)21-4/h5-11,19H,12H2,1-4H3. The Morgan fingerprint density at radius 2 is 1.90 bits per heavy atom. The summed E-state index contributed by atoms with van der Waals surface area (Å²) < 4.78 is 5.25. The molecule has 0 heterocycles. The summed E-state index contributed by atoms with van der Waals surface area (Å²) in [7, 11) is 1.69. The average molecular weight is 282 g/mol. The van der Waals surface area contributed by atoms with E-state index in [1.165, 1.54) is 11.1 Å². The van der Waals surface area contributed by atoms with Crippen LogP contribution in [0.2, 0.25) is 0 Å². The Bertz CT molecular complexity index is 643. The van der Waals surface area contributed by atoms with Gasteiger partial charge < -0.3 is 10.1 Å². The molecule has 0 bridgehead atoms.